The zero-order chi connectivity index (χ0) is 7.28. The van der Waals surface area contributed by atoms with Gasteiger partial charge in [0.2, 0.25) is 0 Å². The lowest BCUT2D eigenvalue weighted by Gasteiger charge is -1.97. The smallest absolute Gasteiger partial charge is 0.438 e. The summed E-state index contributed by atoms with van der Waals surface area (Å²) in [6.45, 7) is 1.11. The van der Waals surface area contributed by atoms with Gasteiger partial charge in [0.15, 0.2) is 12.4 Å². The molecular formula is C5H8O4. The summed E-state index contributed by atoms with van der Waals surface area (Å²) in [5, 5.41) is 0. The van der Waals surface area contributed by atoms with Crippen molar-refractivity contribution in [1.82, 2.24) is 0 Å². The van der Waals surface area contributed by atoms with E-state index in [1.165, 1.54) is 14.0 Å². The molecule has 0 heterocycles. The molecular weight excluding hydrogens is 124 g/mol. The Labute approximate surface area is 52.7 Å². The van der Waals surface area contributed by atoms with Gasteiger partial charge in [-0.1, -0.05) is 0 Å². The summed E-state index contributed by atoms with van der Waals surface area (Å²) in [6.07, 6.45) is -0.829. The van der Waals surface area contributed by atoms with Crippen LogP contribution in [0.5, 0.6) is 0 Å². The highest BCUT2D eigenvalue weighted by Crippen LogP contribution is 1.81. The zero-order valence-corrected chi connectivity index (χ0v) is 5.34. The number of ketones is 1. The van der Waals surface area contributed by atoms with Crippen LogP contribution in [-0.4, -0.2) is 25.7 Å². The van der Waals surface area contributed by atoms with Crippen LogP contribution in [0.25, 0.3) is 0 Å². The van der Waals surface area contributed by atoms with Crippen LogP contribution in [0.2, 0.25) is 0 Å². The number of Topliss-reactive ketones (excluding diaryl/α,β-unsaturated/α-hetero) is 1. The first-order valence-electron chi connectivity index (χ1n) is 2.37. The summed E-state index contributed by atoms with van der Waals surface area (Å²) in [5.74, 6) is -0.208. The molecule has 0 aliphatic carbocycles. The Kier molecular flexibility index (Phi) is 3.43. The molecule has 0 bridgehead atoms. The van der Waals surface area contributed by atoms with Crippen molar-refractivity contribution in [3.8, 4) is 0 Å². The van der Waals surface area contributed by atoms with E-state index in [9.17, 15) is 9.59 Å². The second-order valence-electron chi connectivity index (χ2n) is 1.44. The molecule has 9 heavy (non-hydrogen) atoms. The van der Waals surface area contributed by atoms with E-state index in [4.69, 9.17) is 0 Å². The van der Waals surface area contributed by atoms with E-state index in [1.807, 2.05) is 0 Å². The molecule has 0 amide bonds. The maximum absolute atomic E-state index is 10.1. The number of carbonyl (C=O) groups excluding carboxylic acids is 2. The molecule has 0 spiro atoms. The minimum atomic E-state index is -0.829. The first-order chi connectivity index (χ1) is 4.16. The fraction of sp³-hybridized carbons (Fsp3) is 0.600. The quantitative estimate of drug-likeness (QED) is 0.509. The summed E-state index contributed by atoms with van der Waals surface area (Å²) in [5.41, 5.74) is 0. The van der Waals surface area contributed by atoms with Gasteiger partial charge in [0.1, 0.15) is 0 Å². The summed E-state index contributed by atoms with van der Waals surface area (Å²) in [4.78, 5) is 20.3. The number of hydrogen-bond donors (Lipinski definition) is 0. The molecule has 4 nitrogen and oxygen atoms in total. The van der Waals surface area contributed by atoms with Crippen molar-refractivity contribution in [1.29, 1.82) is 0 Å². The van der Waals surface area contributed by atoms with E-state index in [1.54, 1.807) is 0 Å². The van der Waals surface area contributed by atoms with Crippen LogP contribution in [0.15, 0.2) is 0 Å². The van der Waals surface area contributed by atoms with Crippen molar-refractivity contribution >= 4 is 11.9 Å². The highest BCUT2D eigenvalue weighted by molar-refractivity contribution is 5.78. The molecule has 0 saturated heterocycles. The molecule has 0 aromatic carbocycles. The Morgan fingerprint density at radius 2 is 2.00 bits per heavy atom. The average Bonchev–Trinajstić information content (AvgIpc) is 1.83. The lowest BCUT2D eigenvalue weighted by Crippen LogP contribution is -2.10. The van der Waals surface area contributed by atoms with Crippen molar-refractivity contribution < 1.29 is 19.1 Å². The number of methoxy groups -OCH3 is 1. The van der Waals surface area contributed by atoms with Crippen LogP contribution in [0.4, 0.5) is 4.79 Å². The maximum Gasteiger partial charge on any atom is 0.508 e. The largest absolute Gasteiger partial charge is 0.508 e. The second-order valence-corrected chi connectivity index (χ2v) is 1.44. The molecule has 0 aromatic heterocycles. The molecule has 0 radical (unpaired) electrons. The third-order valence-electron chi connectivity index (χ3n) is 0.560. The molecule has 0 atom stereocenters. The predicted octanol–water partition coefficient (Wildman–Crippen LogP) is 0.358. The molecule has 0 unspecified atom stereocenters. The second kappa shape index (κ2) is 3.88. The third-order valence-corrected chi connectivity index (χ3v) is 0.560. The molecule has 0 aromatic rings. The number of rotatable bonds is 2. The van der Waals surface area contributed by atoms with Crippen molar-refractivity contribution in [2.75, 3.05) is 13.7 Å². The van der Waals surface area contributed by atoms with E-state index in [0.717, 1.165) is 0 Å². The van der Waals surface area contributed by atoms with E-state index in [0.29, 0.717) is 0 Å². The predicted molar refractivity (Wildman–Crippen MR) is 29.0 cm³/mol. The van der Waals surface area contributed by atoms with Gasteiger partial charge in [-0.25, -0.2) is 4.79 Å². The van der Waals surface area contributed by atoms with E-state index < -0.39 is 6.16 Å². The van der Waals surface area contributed by atoms with E-state index in [-0.39, 0.29) is 12.4 Å². The summed E-state index contributed by atoms with van der Waals surface area (Å²) < 4.78 is 8.33. The van der Waals surface area contributed by atoms with Gasteiger partial charge in [0.25, 0.3) is 0 Å². The van der Waals surface area contributed by atoms with Gasteiger partial charge < -0.3 is 9.47 Å². The minimum absolute atomic E-state index is 0.208. The maximum atomic E-state index is 10.1. The average molecular weight is 132 g/mol. The van der Waals surface area contributed by atoms with Gasteiger partial charge >= 0.3 is 6.16 Å². The lowest BCUT2D eigenvalue weighted by atomic mass is 10.5. The highest BCUT2D eigenvalue weighted by Gasteiger charge is 2.00. The van der Waals surface area contributed by atoms with Crippen LogP contribution in [0.3, 0.4) is 0 Å². The number of carbonyl (C=O) groups is 2. The fourth-order valence-electron chi connectivity index (χ4n) is 0.219. The van der Waals surface area contributed by atoms with Gasteiger partial charge in [0.05, 0.1) is 7.11 Å². The van der Waals surface area contributed by atoms with Gasteiger partial charge in [-0.05, 0) is 6.92 Å². The number of ether oxygens (including phenoxy) is 2. The minimum Gasteiger partial charge on any atom is -0.438 e. The fourth-order valence-corrected chi connectivity index (χ4v) is 0.219. The molecule has 0 aliphatic heterocycles. The normalized spacial score (nSPS) is 8.22. The SMILES string of the molecule is COC(=O)OCC(C)=O. The number of hydrogen-bond acceptors (Lipinski definition) is 4. The zero-order valence-electron chi connectivity index (χ0n) is 5.34. The lowest BCUT2D eigenvalue weighted by molar-refractivity contribution is -0.120. The van der Waals surface area contributed by atoms with Gasteiger partial charge in [-0.2, -0.15) is 0 Å². The van der Waals surface area contributed by atoms with Crippen molar-refractivity contribution in [3.63, 3.8) is 0 Å². The molecule has 4 heteroatoms. The Morgan fingerprint density at radius 3 is 2.33 bits per heavy atom. The van der Waals surface area contributed by atoms with Crippen LogP contribution >= 0.6 is 0 Å². The molecule has 0 N–H and O–H groups in total. The van der Waals surface area contributed by atoms with Gasteiger partial charge in [0, 0.05) is 0 Å². The topological polar surface area (TPSA) is 52.6 Å². The third kappa shape index (κ3) is 4.80. The molecule has 52 valence electrons. The first kappa shape index (κ1) is 7.94. The van der Waals surface area contributed by atoms with Crippen LogP contribution in [-0.2, 0) is 14.3 Å². The van der Waals surface area contributed by atoms with Gasteiger partial charge in [-0.15, -0.1) is 0 Å². The van der Waals surface area contributed by atoms with E-state index >= 15 is 0 Å². The summed E-state index contributed by atoms with van der Waals surface area (Å²) in [7, 11) is 1.18. The molecule has 0 saturated carbocycles. The van der Waals surface area contributed by atoms with Crippen molar-refractivity contribution in [2.45, 2.75) is 6.92 Å². The molecule has 0 aliphatic rings. The summed E-state index contributed by atoms with van der Waals surface area (Å²) >= 11 is 0. The molecule has 0 fully saturated rings. The standard InChI is InChI=1S/C5H8O4/c1-4(6)3-9-5(7)8-2/h3H2,1-2H3. The Morgan fingerprint density at radius 1 is 1.44 bits per heavy atom. The Balaban J connectivity index is 3.28. The highest BCUT2D eigenvalue weighted by atomic mass is 16.7. The Hall–Kier alpha value is -1.06. The van der Waals surface area contributed by atoms with Crippen molar-refractivity contribution in [2.24, 2.45) is 0 Å². The van der Waals surface area contributed by atoms with E-state index in [2.05, 4.69) is 9.47 Å². The monoisotopic (exact) mass is 132 g/mol. The van der Waals surface area contributed by atoms with Crippen LogP contribution in [0.1, 0.15) is 6.92 Å². The molecule has 0 rings (SSSR count). The Bertz CT molecular complexity index is 118. The summed E-state index contributed by atoms with van der Waals surface area (Å²) in [6, 6.07) is 0. The first-order valence-corrected chi connectivity index (χ1v) is 2.37. The van der Waals surface area contributed by atoms with Crippen molar-refractivity contribution in [3.05, 3.63) is 0 Å². The van der Waals surface area contributed by atoms with Crippen LogP contribution < -0.4 is 0 Å². The van der Waals surface area contributed by atoms with Gasteiger partial charge in [-0.3, -0.25) is 4.79 Å². The van der Waals surface area contributed by atoms with Crippen LogP contribution in [0, 0.1) is 0 Å².